The Bertz CT molecular complexity index is 2200. The minimum atomic E-state index is -4.48. The molecule has 2 aromatic heterocycles. The molecule has 8 heterocycles. The van der Waals surface area contributed by atoms with Gasteiger partial charge in [0.2, 0.25) is 0 Å². The van der Waals surface area contributed by atoms with Crippen LogP contribution in [-0.2, 0) is 38.0 Å². The van der Waals surface area contributed by atoms with Gasteiger partial charge >= 0.3 is 23.5 Å². The number of hydrogen-bond donors (Lipinski definition) is 0. The predicted octanol–water partition coefficient (Wildman–Crippen LogP) is 8.85. The smallest absolute Gasteiger partial charge is 0.404 e. The second kappa shape index (κ2) is 14.4. The molecule has 57 heavy (non-hydrogen) atoms. The predicted molar refractivity (Wildman–Crippen MR) is 209 cm³/mol. The van der Waals surface area contributed by atoms with Crippen LogP contribution in [-0.4, -0.2) is 52.4 Å². The molecule has 2 aromatic carbocycles. The van der Waals surface area contributed by atoms with E-state index in [1.807, 2.05) is 9.15 Å². The topological polar surface area (TPSA) is 38.8 Å². The van der Waals surface area contributed by atoms with E-state index in [1.165, 1.54) is 12.1 Å². The lowest BCUT2D eigenvalue weighted by molar-refractivity contribution is -0.137. The standard InChI is InChI=1S/C45H52F6N4O2/c46-44(47,48)36-26-38(56-42-32-10-4-18-54-16-2-8-30(40(32)54)24-34(36)42)52-20-12-28(13-21-52)6-1-7-29-14-22-53(23-15-29)39-27-37(45(49,50)51)35-25-31-9-3-17-55-19-5-11-33(41(31)55)43(35)57-39/h24-29H,1-23H2/q+2. The monoisotopic (exact) mass is 794 g/mol. The molecule has 0 N–H and O–H groups in total. The summed E-state index contributed by atoms with van der Waals surface area (Å²) in [5.74, 6) is 1.01. The summed E-state index contributed by atoms with van der Waals surface area (Å²) in [7, 11) is 0. The van der Waals surface area contributed by atoms with Crippen LogP contribution in [0.3, 0.4) is 0 Å². The highest BCUT2D eigenvalue weighted by atomic mass is 19.4. The first-order chi connectivity index (χ1) is 27.5. The van der Waals surface area contributed by atoms with E-state index in [0.717, 1.165) is 156 Å². The van der Waals surface area contributed by atoms with Crippen molar-refractivity contribution in [3.05, 3.63) is 68.8 Å². The van der Waals surface area contributed by atoms with Crippen LogP contribution in [0, 0.1) is 11.8 Å². The number of benzene rings is 2. The zero-order valence-corrected chi connectivity index (χ0v) is 32.6. The average molecular weight is 795 g/mol. The minimum Gasteiger partial charge on any atom is -0.404 e. The molecule has 2 fully saturated rings. The van der Waals surface area contributed by atoms with E-state index in [1.54, 1.807) is 12.1 Å². The lowest BCUT2D eigenvalue weighted by Crippen LogP contribution is -2.39. The molecule has 0 radical (unpaired) electrons. The number of aryl methyl sites for hydroxylation is 4. The van der Waals surface area contributed by atoms with Crippen LogP contribution in [0.1, 0.15) is 104 Å². The normalized spacial score (nSPS) is 22.6. The zero-order valence-electron chi connectivity index (χ0n) is 32.6. The first-order valence-electron chi connectivity index (χ1n) is 21.5. The molecule has 6 nitrogen and oxygen atoms in total. The van der Waals surface area contributed by atoms with Gasteiger partial charge in [-0.25, -0.2) is 0 Å². The largest absolute Gasteiger partial charge is 0.417 e. The van der Waals surface area contributed by atoms with Crippen molar-refractivity contribution in [3.63, 3.8) is 0 Å². The van der Waals surface area contributed by atoms with Crippen LogP contribution < -0.4 is 30.1 Å². The quantitative estimate of drug-likeness (QED) is 0.153. The van der Waals surface area contributed by atoms with Gasteiger partial charge in [-0.3, -0.25) is 0 Å². The lowest BCUT2D eigenvalue weighted by atomic mass is 9.87. The number of piperidine rings is 2. The molecule has 0 aliphatic carbocycles. The van der Waals surface area contributed by atoms with E-state index in [0.29, 0.717) is 60.3 Å². The average Bonchev–Trinajstić information content (AvgIpc) is 3.20. The van der Waals surface area contributed by atoms with Gasteiger partial charge in [0.15, 0.2) is 0 Å². The van der Waals surface area contributed by atoms with E-state index >= 15 is 0 Å². The van der Waals surface area contributed by atoms with Gasteiger partial charge in [-0.2, -0.15) is 35.5 Å². The molecule has 6 aliphatic heterocycles. The zero-order chi connectivity index (χ0) is 39.1. The highest BCUT2D eigenvalue weighted by Gasteiger charge is 2.39. The number of anilines is 2. The molecule has 2 saturated heterocycles. The van der Waals surface area contributed by atoms with Crippen LogP contribution in [0.25, 0.3) is 21.9 Å². The summed E-state index contributed by atoms with van der Waals surface area (Å²) < 4.78 is 104. The fourth-order valence-electron chi connectivity index (χ4n) is 11.3. The first kappa shape index (κ1) is 37.3. The number of nitrogens with zero attached hydrogens (tertiary/aromatic N) is 4. The van der Waals surface area contributed by atoms with Gasteiger partial charge in [-0.15, -0.1) is 0 Å². The number of fused-ring (bicyclic) bond motifs is 4. The van der Waals surface area contributed by atoms with Crippen molar-refractivity contribution < 1.29 is 35.2 Å². The Morgan fingerprint density at radius 2 is 0.930 bits per heavy atom. The SMILES string of the molecule is FC(F)(F)c1cc(=[N+]2CCC(CCCC3CC[N+](=c4cc(C(F)(F)F)c5cc6c7c(c5o4)CCCN7CCC6)CC3)CC2)oc2c3c4c(cc12)CCCN4CCC3. The highest BCUT2D eigenvalue weighted by molar-refractivity contribution is 5.92. The Balaban J connectivity index is 0.818. The number of rotatable bonds is 4. The van der Waals surface area contributed by atoms with Gasteiger partial charge in [-0.05, 0) is 99.3 Å². The molecule has 0 bridgehead atoms. The fraction of sp³-hybridized carbons (Fsp3) is 0.600. The van der Waals surface area contributed by atoms with Crippen LogP contribution in [0.5, 0.6) is 0 Å². The molecule has 304 valence electrons. The molecule has 10 rings (SSSR count). The van der Waals surface area contributed by atoms with Crippen LogP contribution in [0.15, 0.2) is 33.1 Å². The molecular weight excluding hydrogens is 743 g/mol. The van der Waals surface area contributed by atoms with Crippen molar-refractivity contribution in [1.82, 2.24) is 9.15 Å². The van der Waals surface area contributed by atoms with E-state index < -0.39 is 23.5 Å². The first-order valence-corrected chi connectivity index (χ1v) is 21.5. The van der Waals surface area contributed by atoms with Gasteiger partial charge < -0.3 is 18.6 Å². The Morgan fingerprint density at radius 1 is 0.544 bits per heavy atom. The van der Waals surface area contributed by atoms with E-state index in [4.69, 9.17) is 8.83 Å². The lowest BCUT2D eigenvalue weighted by Gasteiger charge is -2.37. The van der Waals surface area contributed by atoms with Crippen molar-refractivity contribution in [3.8, 4) is 0 Å². The number of hydrogen-bond acceptors (Lipinski definition) is 4. The summed E-state index contributed by atoms with van der Waals surface area (Å²) >= 11 is 0. The van der Waals surface area contributed by atoms with Crippen LogP contribution >= 0.6 is 0 Å². The third-order valence-corrected chi connectivity index (χ3v) is 14.2. The fourth-order valence-corrected chi connectivity index (χ4v) is 11.3. The summed E-state index contributed by atoms with van der Waals surface area (Å²) in [5.41, 5.74) is 6.41. The van der Waals surface area contributed by atoms with Gasteiger partial charge in [0.1, 0.15) is 37.3 Å². The number of halogens is 6. The van der Waals surface area contributed by atoms with Crippen molar-refractivity contribution in [2.45, 2.75) is 109 Å². The Kier molecular flexibility index (Phi) is 9.43. The molecule has 6 aliphatic rings. The minimum absolute atomic E-state index is 0.196. The summed E-state index contributed by atoms with van der Waals surface area (Å²) in [6.45, 7) is 6.44. The number of alkyl halides is 6. The molecule has 0 atom stereocenters. The third kappa shape index (κ3) is 6.84. The summed E-state index contributed by atoms with van der Waals surface area (Å²) in [6.07, 6.45) is 4.73. The van der Waals surface area contributed by atoms with Crippen molar-refractivity contribution in [1.29, 1.82) is 0 Å². The molecule has 0 amide bonds. The van der Waals surface area contributed by atoms with Crippen LogP contribution in [0.4, 0.5) is 37.7 Å². The van der Waals surface area contributed by atoms with Crippen molar-refractivity contribution >= 4 is 33.3 Å². The Hall–Kier alpha value is -3.96. The Labute approximate surface area is 328 Å². The van der Waals surface area contributed by atoms with Gasteiger partial charge in [-0.1, -0.05) is 6.42 Å². The summed E-state index contributed by atoms with van der Waals surface area (Å²) in [4.78, 5) is 4.67. The molecule has 4 aromatic rings. The summed E-state index contributed by atoms with van der Waals surface area (Å²) in [5, 5.41) is 0.391. The second-order valence-corrected chi connectivity index (χ2v) is 17.7. The Morgan fingerprint density at radius 3 is 1.32 bits per heavy atom. The van der Waals surface area contributed by atoms with Crippen molar-refractivity contribution in [2.75, 3.05) is 62.2 Å². The van der Waals surface area contributed by atoms with Gasteiger partial charge in [0, 0.05) is 85.1 Å². The maximum absolute atomic E-state index is 14.6. The summed E-state index contributed by atoms with van der Waals surface area (Å²) in [6, 6.07) is 5.97. The third-order valence-electron chi connectivity index (χ3n) is 14.2. The highest BCUT2D eigenvalue weighted by Crippen LogP contribution is 2.45. The van der Waals surface area contributed by atoms with E-state index in [-0.39, 0.29) is 10.8 Å². The molecule has 0 saturated carbocycles. The molecule has 0 unspecified atom stereocenters. The van der Waals surface area contributed by atoms with Gasteiger partial charge in [0.25, 0.3) is 0 Å². The molecule has 0 spiro atoms. The maximum atomic E-state index is 14.6. The van der Waals surface area contributed by atoms with Crippen LogP contribution in [0.2, 0.25) is 0 Å². The molecule has 12 heteroatoms. The van der Waals surface area contributed by atoms with E-state index in [9.17, 15) is 26.3 Å². The van der Waals surface area contributed by atoms with Gasteiger partial charge in [0.05, 0.1) is 23.3 Å². The maximum Gasteiger partial charge on any atom is 0.417 e. The van der Waals surface area contributed by atoms with E-state index in [2.05, 4.69) is 9.80 Å². The molecular formula is C45H52F6N4O2+2. The van der Waals surface area contributed by atoms with Crippen molar-refractivity contribution in [2.24, 2.45) is 11.8 Å². The second-order valence-electron chi connectivity index (χ2n) is 17.7.